The van der Waals surface area contributed by atoms with Gasteiger partial charge >= 0.3 is 0 Å². The number of sulfonamides is 1. The molecule has 0 aliphatic carbocycles. The standard InChI is InChI=1S/C18H22N2O4S/c1-11-12(2)14(4)16(15(5)13(11)3)10-19-25(23,24)18-9-7-6-8-17(18)20(21)22/h6-9,19H,10H2,1-5H3. The molecule has 0 atom stereocenters. The summed E-state index contributed by atoms with van der Waals surface area (Å²) in [5.41, 5.74) is 5.99. The van der Waals surface area contributed by atoms with Gasteiger partial charge in [0.1, 0.15) is 0 Å². The quantitative estimate of drug-likeness (QED) is 0.650. The largest absolute Gasteiger partial charge is 0.289 e. The molecule has 2 rings (SSSR count). The zero-order valence-corrected chi connectivity index (χ0v) is 15.8. The zero-order valence-electron chi connectivity index (χ0n) is 15.0. The minimum Gasteiger partial charge on any atom is -0.258 e. The van der Waals surface area contributed by atoms with Crippen LogP contribution in [0.4, 0.5) is 5.69 Å². The van der Waals surface area contributed by atoms with Crippen LogP contribution in [0.15, 0.2) is 29.2 Å². The second-order valence-electron chi connectivity index (χ2n) is 6.15. The highest BCUT2D eigenvalue weighted by atomic mass is 32.2. The molecule has 6 nitrogen and oxygen atoms in total. The van der Waals surface area contributed by atoms with Crippen molar-refractivity contribution in [3.63, 3.8) is 0 Å². The molecule has 0 saturated heterocycles. The van der Waals surface area contributed by atoms with Crippen LogP contribution in [0.5, 0.6) is 0 Å². The number of hydrogen-bond acceptors (Lipinski definition) is 4. The summed E-state index contributed by atoms with van der Waals surface area (Å²) >= 11 is 0. The third kappa shape index (κ3) is 3.57. The summed E-state index contributed by atoms with van der Waals surface area (Å²) in [6.45, 7) is 10.1. The van der Waals surface area contributed by atoms with E-state index in [1.54, 1.807) is 0 Å². The summed E-state index contributed by atoms with van der Waals surface area (Å²) in [7, 11) is -4.00. The first-order chi connectivity index (χ1) is 11.6. The van der Waals surface area contributed by atoms with Crippen LogP contribution in [-0.4, -0.2) is 13.3 Å². The second-order valence-corrected chi connectivity index (χ2v) is 7.89. The molecule has 0 fully saturated rings. The molecule has 2 aromatic rings. The molecule has 134 valence electrons. The van der Waals surface area contributed by atoms with Crippen molar-refractivity contribution in [3.8, 4) is 0 Å². The first-order valence-electron chi connectivity index (χ1n) is 7.86. The Morgan fingerprint density at radius 1 is 0.920 bits per heavy atom. The Hall–Kier alpha value is -2.25. The molecule has 0 aromatic heterocycles. The molecular weight excluding hydrogens is 340 g/mol. The first-order valence-corrected chi connectivity index (χ1v) is 9.35. The van der Waals surface area contributed by atoms with Crippen LogP contribution in [-0.2, 0) is 16.6 Å². The zero-order chi connectivity index (χ0) is 18.9. The number of para-hydroxylation sites is 1. The SMILES string of the molecule is Cc1c(C)c(C)c(CNS(=O)(=O)c2ccccc2[N+](=O)[O-])c(C)c1C. The molecule has 7 heteroatoms. The Bertz CT molecular complexity index is 921. The van der Waals surface area contributed by atoms with Crippen LogP contribution in [0.3, 0.4) is 0 Å². The van der Waals surface area contributed by atoms with Gasteiger partial charge in [-0.25, -0.2) is 13.1 Å². The summed E-state index contributed by atoms with van der Waals surface area (Å²) in [4.78, 5) is 10.1. The van der Waals surface area contributed by atoms with Crippen LogP contribution >= 0.6 is 0 Å². The minimum absolute atomic E-state index is 0.0913. The van der Waals surface area contributed by atoms with Crippen LogP contribution in [0.1, 0.15) is 33.4 Å². The van der Waals surface area contributed by atoms with Crippen molar-refractivity contribution in [1.82, 2.24) is 4.72 Å². The molecule has 1 N–H and O–H groups in total. The molecule has 25 heavy (non-hydrogen) atoms. The molecule has 0 radical (unpaired) electrons. The van der Waals surface area contributed by atoms with Crippen LogP contribution in [0.2, 0.25) is 0 Å². The maximum absolute atomic E-state index is 12.6. The highest BCUT2D eigenvalue weighted by Crippen LogP contribution is 2.27. The monoisotopic (exact) mass is 362 g/mol. The summed E-state index contributed by atoms with van der Waals surface area (Å²) < 4.78 is 27.7. The van der Waals surface area contributed by atoms with E-state index in [0.717, 1.165) is 27.8 Å². The predicted octanol–water partition coefficient (Wildman–Crippen LogP) is 3.62. The van der Waals surface area contributed by atoms with Gasteiger partial charge in [0.15, 0.2) is 4.90 Å². The van der Waals surface area contributed by atoms with Crippen molar-refractivity contribution in [1.29, 1.82) is 0 Å². The molecule has 0 bridgehead atoms. The fourth-order valence-corrected chi connectivity index (χ4v) is 4.09. The Labute approximate surface area is 148 Å². The molecule has 0 spiro atoms. The van der Waals surface area contributed by atoms with Gasteiger partial charge in [-0.05, 0) is 74.1 Å². The number of nitro groups is 1. The normalized spacial score (nSPS) is 11.6. The topological polar surface area (TPSA) is 89.3 Å². The van der Waals surface area contributed by atoms with E-state index in [1.807, 2.05) is 34.6 Å². The van der Waals surface area contributed by atoms with E-state index in [0.29, 0.717) is 0 Å². The lowest BCUT2D eigenvalue weighted by Crippen LogP contribution is -2.25. The molecule has 0 saturated carbocycles. The van der Waals surface area contributed by atoms with Gasteiger partial charge in [-0.2, -0.15) is 0 Å². The van der Waals surface area contributed by atoms with Gasteiger partial charge in [-0.3, -0.25) is 10.1 Å². The third-order valence-electron chi connectivity index (χ3n) is 4.95. The molecule has 0 amide bonds. The lowest BCUT2D eigenvalue weighted by Gasteiger charge is -2.19. The van der Waals surface area contributed by atoms with E-state index in [-0.39, 0.29) is 11.4 Å². The fourth-order valence-electron chi connectivity index (χ4n) is 2.92. The van der Waals surface area contributed by atoms with Crippen LogP contribution in [0.25, 0.3) is 0 Å². The van der Waals surface area contributed by atoms with Crippen molar-refractivity contribution in [3.05, 3.63) is 67.8 Å². The van der Waals surface area contributed by atoms with Gasteiger partial charge < -0.3 is 0 Å². The van der Waals surface area contributed by atoms with Gasteiger partial charge in [-0.1, -0.05) is 12.1 Å². The minimum atomic E-state index is -4.00. The van der Waals surface area contributed by atoms with E-state index in [4.69, 9.17) is 0 Å². The van der Waals surface area contributed by atoms with Crippen LogP contribution < -0.4 is 4.72 Å². The van der Waals surface area contributed by atoms with E-state index in [9.17, 15) is 18.5 Å². The van der Waals surface area contributed by atoms with Gasteiger partial charge in [0.2, 0.25) is 10.0 Å². The van der Waals surface area contributed by atoms with Gasteiger partial charge in [0, 0.05) is 12.6 Å². The summed E-state index contributed by atoms with van der Waals surface area (Å²) in [5, 5.41) is 11.1. The van der Waals surface area contributed by atoms with Crippen molar-refractivity contribution in [2.45, 2.75) is 46.1 Å². The van der Waals surface area contributed by atoms with Crippen molar-refractivity contribution >= 4 is 15.7 Å². The number of hydrogen-bond donors (Lipinski definition) is 1. The Morgan fingerprint density at radius 3 is 1.92 bits per heavy atom. The number of nitrogens with one attached hydrogen (secondary N) is 1. The van der Waals surface area contributed by atoms with E-state index < -0.39 is 20.6 Å². The maximum atomic E-state index is 12.6. The van der Waals surface area contributed by atoms with Crippen molar-refractivity contribution < 1.29 is 13.3 Å². The molecule has 0 aliphatic heterocycles. The molecule has 0 unspecified atom stereocenters. The van der Waals surface area contributed by atoms with Crippen molar-refractivity contribution in [2.75, 3.05) is 0 Å². The van der Waals surface area contributed by atoms with Gasteiger partial charge in [0.05, 0.1) is 4.92 Å². The second kappa shape index (κ2) is 6.93. The lowest BCUT2D eigenvalue weighted by atomic mass is 9.90. The highest BCUT2D eigenvalue weighted by Gasteiger charge is 2.25. The summed E-state index contributed by atoms with van der Waals surface area (Å²) in [6.07, 6.45) is 0. The van der Waals surface area contributed by atoms with E-state index in [2.05, 4.69) is 4.72 Å². The van der Waals surface area contributed by atoms with Crippen LogP contribution in [0, 0.1) is 44.7 Å². The first kappa shape index (κ1) is 19.1. The lowest BCUT2D eigenvalue weighted by molar-refractivity contribution is -0.387. The number of nitrogens with zero attached hydrogens (tertiary/aromatic N) is 1. The molecular formula is C18H22N2O4S. The number of benzene rings is 2. The molecule has 0 aliphatic rings. The smallest absolute Gasteiger partial charge is 0.258 e. The Kier molecular flexibility index (Phi) is 5.29. The predicted molar refractivity (Wildman–Crippen MR) is 97.2 cm³/mol. The summed E-state index contributed by atoms with van der Waals surface area (Å²) in [6, 6.07) is 5.34. The number of nitro benzene ring substituents is 1. The average molecular weight is 362 g/mol. The van der Waals surface area contributed by atoms with E-state index >= 15 is 0 Å². The van der Waals surface area contributed by atoms with Gasteiger partial charge in [0.25, 0.3) is 5.69 Å². The number of rotatable bonds is 5. The third-order valence-corrected chi connectivity index (χ3v) is 6.39. The van der Waals surface area contributed by atoms with Gasteiger partial charge in [-0.15, -0.1) is 0 Å². The Balaban J connectivity index is 2.42. The fraction of sp³-hybridized carbons (Fsp3) is 0.333. The highest BCUT2D eigenvalue weighted by molar-refractivity contribution is 7.89. The van der Waals surface area contributed by atoms with E-state index in [1.165, 1.54) is 29.8 Å². The molecule has 0 heterocycles. The van der Waals surface area contributed by atoms with Crippen molar-refractivity contribution in [2.24, 2.45) is 0 Å². The summed E-state index contributed by atoms with van der Waals surface area (Å²) in [5.74, 6) is 0. The maximum Gasteiger partial charge on any atom is 0.289 e. The Morgan fingerprint density at radius 2 is 1.40 bits per heavy atom. The average Bonchev–Trinajstić information content (AvgIpc) is 2.58. The molecule has 2 aromatic carbocycles.